The van der Waals surface area contributed by atoms with Crippen LogP contribution in [0.2, 0.25) is 0 Å². The molecule has 2 rings (SSSR count). The fraction of sp³-hybridized carbons (Fsp3) is 0.500. The molecule has 1 aromatic heterocycles. The summed E-state index contributed by atoms with van der Waals surface area (Å²) < 4.78 is 1.59. The van der Waals surface area contributed by atoms with E-state index in [1.165, 1.54) is 12.3 Å². The molecule has 1 fully saturated rings. The number of nitro groups is 1. The Morgan fingerprint density at radius 1 is 1.55 bits per heavy atom. The third-order valence-corrected chi connectivity index (χ3v) is 3.20. The zero-order chi connectivity index (χ0) is 14.9. The van der Waals surface area contributed by atoms with E-state index in [0.717, 1.165) is 17.7 Å². The molecule has 0 unspecified atom stereocenters. The van der Waals surface area contributed by atoms with Crippen molar-refractivity contribution in [3.05, 3.63) is 28.1 Å². The van der Waals surface area contributed by atoms with Crippen molar-refractivity contribution >= 4 is 17.6 Å². The molecule has 1 N–H and O–H groups in total. The predicted octanol–water partition coefficient (Wildman–Crippen LogP) is 1.28. The molecule has 108 valence electrons. The molecular formula is C12H15N3O5. The van der Waals surface area contributed by atoms with Crippen molar-refractivity contribution < 1.29 is 19.6 Å². The summed E-state index contributed by atoms with van der Waals surface area (Å²) in [4.78, 5) is 34.5. The smallest absolute Gasteiger partial charge is 0.323 e. The lowest BCUT2D eigenvalue weighted by molar-refractivity contribution is -0.384. The van der Waals surface area contributed by atoms with Crippen LogP contribution in [0.25, 0.3) is 0 Å². The van der Waals surface area contributed by atoms with Crippen LogP contribution in [0.1, 0.15) is 36.3 Å². The van der Waals surface area contributed by atoms with Crippen LogP contribution in [0.4, 0.5) is 5.69 Å². The van der Waals surface area contributed by atoms with Crippen molar-refractivity contribution in [3.8, 4) is 0 Å². The molecule has 0 atom stereocenters. The zero-order valence-corrected chi connectivity index (χ0v) is 11.0. The number of carbonyl (C=O) groups is 2. The molecule has 0 aromatic carbocycles. The number of aromatic nitrogens is 1. The summed E-state index contributed by atoms with van der Waals surface area (Å²) in [6.07, 6.45) is 3.09. The highest BCUT2D eigenvalue weighted by Gasteiger charge is 2.32. The van der Waals surface area contributed by atoms with Crippen LogP contribution in [0.5, 0.6) is 0 Å². The Balaban J connectivity index is 2.32. The monoisotopic (exact) mass is 281 g/mol. The highest BCUT2D eigenvalue weighted by molar-refractivity contribution is 5.95. The summed E-state index contributed by atoms with van der Waals surface area (Å²) in [7, 11) is 0. The minimum atomic E-state index is -1.11. The molecule has 1 heterocycles. The number of hydrogen-bond acceptors (Lipinski definition) is 4. The van der Waals surface area contributed by atoms with Crippen LogP contribution in [0.15, 0.2) is 12.3 Å². The van der Waals surface area contributed by atoms with Gasteiger partial charge in [0.1, 0.15) is 12.2 Å². The van der Waals surface area contributed by atoms with Gasteiger partial charge < -0.3 is 14.6 Å². The second kappa shape index (κ2) is 5.32. The lowest BCUT2D eigenvalue weighted by atomic mass is 10.3. The maximum Gasteiger partial charge on any atom is 0.323 e. The standard InChI is InChI=1S/C12H15N3O5/c1-2-13(7-11(16)17)12(18)10-5-9(15(19)20)6-14(10)8-3-4-8/h5-6,8H,2-4,7H2,1H3,(H,16,17). The SMILES string of the molecule is CCN(CC(=O)O)C(=O)c1cc([N+](=O)[O-])cn1C1CC1. The molecule has 1 aliphatic carbocycles. The molecule has 0 aliphatic heterocycles. The molecule has 0 bridgehead atoms. The minimum absolute atomic E-state index is 0.103. The molecule has 0 saturated heterocycles. The van der Waals surface area contributed by atoms with Gasteiger partial charge in [-0.2, -0.15) is 0 Å². The van der Waals surface area contributed by atoms with Crippen molar-refractivity contribution in [1.82, 2.24) is 9.47 Å². The number of nitrogens with zero attached hydrogens (tertiary/aromatic N) is 3. The van der Waals surface area contributed by atoms with E-state index in [4.69, 9.17) is 5.11 Å². The number of amides is 1. The van der Waals surface area contributed by atoms with E-state index in [1.54, 1.807) is 11.5 Å². The second-order valence-corrected chi connectivity index (χ2v) is 4.69. The molecule has 1 aliphatic rings. The van der Waals surface area contributed by atoms with Crippen molar-refractivity contribution in [1.29, 1.82) is 0 Å². The molecule has 8 heteroatoms. The average molecular weight is 281 g/mol. The maximum absolute atomic E-state index is 12.3. The van der Waals surface area contributed by atoms with Gasteiger partial charge in [-0.25, -0.2) is 0 Å². The van der Waals surface area contributed by atoms with Crippen LogP contribution < -0.4 is 0 Å². The number of rotatable bonds is 6. The Bertz CT molecular complexity index is 561. The summed E-state index contributed by atoms with van der Waals surface area (Å²) in [5.74, 6) is -1.60. The lowest BCUT2D eigenvalue weighted by Crippen LogP contribution is -2.36. The molecule has 0 radical (unpaired) electrons. The first-order chi connectivity index (χ1) is 9.43. The second-order valence-electron chi connectivity index (χ2n) is 4.69. The summed E-state index contributed by atoms with van der Waals surface area (Å²) >= 11 is 0. The lowest BCUT2D eigenvalue weighted by Gasteiger charge is -2.19. The van der Waals surface area contributed by atoms with Gasteiger partial charge in [-0.1, -0.05) is 0 Å². The number of carboxylic acids is 1. The Morgan fingerprint density at radius 2 is 2.20 bits per heavy atom. The molecule has 1 amide bonds. The third-order valence-electron chi connectivity index (χ3n) is 3.20. The van der Waals surface area contributed by atoms with Gasteiger partial charge in [-0.3, -0.25) is 19.7 Å². The Morgan fingerprint density at radius 3 is 2.65 bits per heavy atom. The molecule has 1 aromatic rings. The van der Waals surface area contributed by atoms with Gasteiger partial charge in [0.25, 0.3) is 11.6 Å². The highest BCUT2D eigenvalue weighted by atomic mass is 16.6. The zero-order valence-electron chi connectivity index (χ0n) is 11.0. The van der Waals surface area contributed by atoms with Crippen LogP contribution in [-0.2, 0) is 4.79 Å². The molecule has 8 nitrogen and oxygen atoms in total. The van der Waals surface area contributed by atoms with Crippen LogP contribution in [0, 0.1) is 10.1 Å². The van der Waals surface area contributed by atoms with Crippen LogP contribution >= 0.6 is 0 Å². The van der Waals surface area contributed by atoms with Crippen molar-refractivity contribution in [2.75, 3.05) is 13.1 Å². The molecular weight excluding hydrogens is 266 g/mol. The average Bonchev–Trinajstić information content (AvgIpc) is 3.13. The number of carboxylic acid groups (broad SMARTS) is 1. The first-order valence-corrected chi connectivity index (χ1v) is 6.31. The topological polar surface area (TPSA) is 106 Å². The van der Waals surface area contributed by atoms with Gasteiger partial charge in [0.2, 0.25) is 0 Å². The fourth-order valence-electron chi connectivity index (χ4n) is 2.04. The summed E-state index contributed by atoms with van der Waals surface area (Å²) in [6.45, 7) is 1.48. The van der Waals surface area contributed by atoms with Crippen molar-refractivity contribution in [3.63, 3.8) is 0 Å². The normalized spacial score (nSPS) is 14.1. The Labute approximate surface area is 114 Å². The maximum atomic E-state index is 12.3. The van der Waals surface area contributed by atoms with Gasteiger partial charge in [0.15, 0.2) is 0 Å². The molecule has 1 saturated carbocycles. The molecule has 20 heavy (non-hydrogen) atoms. The number of aliphatic carboxylic acids is 1. The first kappa shape index (κ1) is 14.0. The number of hydrogen-bond donors (Lipinski definition) is 1. The van der Waals surface area contributed by atoms with Gasteiger partial charge in [0, 0.05) is 18.7 Å². The van der Waals surface area contributed by atoms with Crippen LogP contribution in [-0.4, -0.2) is 44.5 Å². The van der Waals surface area contributed by atoms with E-state index < -0.39 is 23.3 Å². The van der Waals surface area contributed by atoms with E-state index >= 15 is 0 Å². The summed E-state index contributed by atoms with van der Waals surface area (Å²) in [5, 5.41) is 19.6. The van der Waals surface area contributed by atoms with E-state index in [9.17, 15) is 19.7 Å². The quantitative estimate of drug-likeness (QED) is 0.624. The first-order valence-electron chi connectivity index (χ1n) is 6.31. The highest BCUT2D eigenvalue weighted by Crippen LogP contribution is 2.38. The fourth-order valence-corrected chi connectivity index (χ4v) is 2.04. The van der Waals surface area contributed by atoms with Crippen LogP contribution in [0.3, 0.4) is 0 Å². The van der Waals surface area contributed by atoms with E-state index in [1.807, 2.05) is 0 Å². The summed E-state index contributed by atoms with van der Waals surface area (Å²) in [6, 6.07) is 1.32. The van der Waals surface area contributed by atoms with E-state index in [0.29, 0.717) is 0 Å². The van der Waals surface area contributed by atoms with Crippen molar-refractivity contribution in [2.24, 2.45) is 0 Å². The minimum Gasteiger partial charge on any atom is -0.480 e. The van der Waals surface area contributed by atoms with Gasteiger partial charge in [0.05, 0.1) is 11.1 Å². The Hall–Kier alpha value is -2.38. The molecule has 0 spiro atoms. The number of likely N-dealkylation sites (N-methyl/N-ethyl adjacent to an activating group) is 1. The number of carbonyl (C=O) groups excluding carboxylic acids is 1. The van der Waals surface area contributed by atoms with Crippen molar-refractivity contribution in [2.45, 2.75) is 25.8 Å². The third kappa shape index (κ3) is 2.79. The van der Waals surface area contributed by atoms with E-state index in [-0.39, 0.29) is 24.0 Å². The Kier molecular flexibility index (Phi) is 3.73. The largest absolute Gasteiger partial charge is 0.480 e. The van der Waals surface area contributed by atoms with Gasteiger partial charge >= 0.3 is 5.97 Å². The van der Waals surface area contributed by atoms with Gasteiger partial charge in [-0.05, 0) is 19.8 Å². The summed E-state index contributed by atoms with van der Waals surface area (Å²) in [5.41, 5.74) is 0.0360. The van der Waals surface area contributed by atoms with E-state index in [2.05, 4.69) is 0 Å². The predicted molar refractivity (Wildman–Crippen MR) is 68.6 cm³/mol. The van der Waals surface area contributed by atoms with Gasteiger partial charge in [-0.15, -0.1) is 0 Å².